The molecule has 2 nitrogen and oxygen atoms in total. The summed E-state index contributed by atoms with van der Waals surface area (Å²) in [5.74, 6) is 1.07. The maximum absolute atomic E-state index is 10.9. The zero-order valence-corrected chi connectivity index (χ0v) is 8.20. The van der Waals surface area contributed by atoms with Gasteiger partial charge in [0.2, 0.25) is 0 Å². The third kappa shape index (κ3) is 1.53. The van der Waals surface area contributed by atoms with Crippen LogP contribution in [0.5, 0.6) is 0 Å². The highest BCUT2D eigenvalue weighted by molar-refractivity contribution is 5.56. The molecule has 2 heteroatoms. The quantitative estimate of drug-likeness (QED) is 0.564. The highest BCUT2D eigenvalue weighted by Gasteiger charge is 2.36. The number of hydrogen-bond acceptors (Lipinski definition) is 2. The van der Waals surface area contributed by atoms with Gasteiger partial charge in [0.05, 0.1) is 6.10 Å². The summed E-state index contributed by atoms with van der Waals surface area (Å²) < 4.78 is 12.6. The van der Waals surface area contributed by atoms with E-state index in [9.17, 15) is 4.79 Å². The van der Waals surface area contributed by atoms with Gasteiger partial charge in [-0.1, -0.05) is 20.8 Å². The number of carbonyl (C=O) groups is 1. The smallest absolute Gasteiger partial charge is 0.149 e. The largest absolute Gasteiger partial charge is 0.367 e. The summed E-state index contributed by atoms with van der Waals surface area (Å²) in [6, 6.07) is 0. The molecule has 0 bridgehead atoms. The van der Waals surface area contributed by atoms with Crippen LogP contribution in [0.2, 0.25) is 0 Å². The molecule has 1 heterocycles. The maximum atomic E-state index is 10.9. The highest BCUT2D eigenvalue weighted by Crippen LogP contribution is 2.33. The SMILES string of the molecule is [3H]C(=O)C1OC(C)C(C)C(C)C1C. The average Bonchev–Trinajstić information content (AvgIpc) is 2.07. The maximum Gasteiger partial charge on any atom is 0.149 e. The van der Waals surface area contributed by atoms with Gasteiger partial charge >= 0.3 is 0 Å². The monoisotopic (exact) mass is 172 g/mol. The molecular weight excluding hydrogens is 152 g/mol. The van der Waals surface area contributed by atoms with E-state index in [0.29, 0.717) is 11.8 Å². The van der Waals surface area contributed by atoms with Crippen molar-refractivity contribution in [3.8, 4) is 0 Å². The molecule has 0 N–H and O–H groups in total. The molecule has 0 radical (unpaired) electrons. The van der Waals surface area contributed by atoms with Crippen LogP contribution in [0.1, 0.15) is 29.1 Å². The second-order valence-electron chi connectivity index (χ2n) is 3.96. The molecule has 1 saturated heterocycles. The van der Waals surface area contributed by atoms with Crippen molar-refractivity contribution in [2.75, 3.05) is 0 Å². The Bertz CT molecular complexity index is 205. The molecule has 5 unspecified atom stereocenters. The number of rotatable bonds is 1. The molecule has 0 aromatic heterocycles. The van der Waals surface area contributed by atoms with Crippen molar-refractivity contribution in [1.82, 2.24) is 0 Å². The molecule has 1 fully saturated rings. The fourth-order valence-electron chi connectivity index (χ4n) is 1.80. The molecule has 1 aliphatic heterocycles. The molecule has 70 valence electrons. The Morgan fingerprint density at radius 1 is 1.17 bits per heavy atom. The normalized spacial score (nSPS) is 50.0. The van der Waals surface area contributed by atoms with Crippen LogP contribution < -0.4 is 0 Å². The topological polar surface area (TPSA) is 26.3 Å². The van der Waals surface area contributed by atoms with Crippen LogP contribution >= 0.6 is 0 Å². The van der Waals surface area contributed by atoms with Crippen molar-refractivity contribution in [3.05, 3.63) is 0 Å². The molecule has 0 saturated carbocycles. The molecule has 0 spiro atoms. The van der Waals surface area contributed by atoms with E-state index in [1.165, 1.54) is 0 Å². The molecule has 0 aromatic carbocycles. The number of ether oxygens (including phenoxy) is 1. The first-order chi connectivity index (χ1) is 5.95. The number of aldehydes is 1. The first-order valence-electron chi connectivity index (χ1n) is 5.11. The number of hydrogen-bond donors (Lipinski definition) is 0. The van der Waals surface area contributed by atoms with Crippen LogP contribution in [-0.2, 0) is 9.53 Å². The minimum Gasteiger partial charge on any atom is -0.367 e. The Balaban J connectivity index is 2.76. The van der Waals surface area contributed by atoms with Crippen molar-refractivity contribution in [2.24, 2.45) is 17.8 Å². The molecule has 0 aliphatic carbocycles. The molecule has 1 aliphatic rings. The zero-order valence-electron chi connectivity index (χ0n) is 9.20. The second kappa shape index (κ2) is 3.56. The molecule has 1 rings (SSSR count). The molecule has 12 heavy (non-hydrogen) atoms. The van der Waals surface area contributed by atoms with E-state index in [0.717, 1.165) is 0 Å². The van der Waals surface area contributed by atoms with E-state index in [4.69, 9.17) is 6.11 Å². The van der Waals surface area contributed by atoms with Gasteiger partial charge in [0.25, 0.3) is 0 Å². The van der Waals surface area contributed by atoms with E-state index in [2.05, 4.69) is 13.8 Å². The molecular formula is C10H18O2. The van der Waals surface area contributed by atoms with Crippen LogP contribution in [-0.4, -0.2) is 18.5 Å². The van der Waals surface area contributed by atoms with Crippen LogP contribution in [0.3, 0.4) is 0 Å². The van der Waals surface area contributed by atoms with Gasteiger partial charge in [-0.3, -0.25) is 0 Å². The van der Waals surface area contributed by atoms with Gasteiger partial charge in [-0.2, -0.15) is 0 Å². The fourth-order valence-corrected chi connectivity index (χ4v) is 1.80. The van der Waals surface area contributed by atoms with Crippen LogP contribution in [0.4, 0.5) is 0 Å². The third-order valence-electron chi connectivity index (χ3n) is 3.35. The van der Waals surface area contributed by atoms with E-state index >= 15 is 0 Å². The van der Waals surface area contributed by atoms with Crippen molar-refractivity contribution >= 4 is 6.26 Å². The van der Waals surface area contributed by atoms with Crippen LogP contribution in [0.25, 0.3) is 0 Å². The lowest BCUT2D eigenvalue weighted by molar-refractivity contribution is -0.146. The predicted molar refractivity (Wildman–Crippen MR) is 47.9 cm³/mol. The first-order valence-corrected chi connectivity index (χ1v) is 4.61. The minimum absolute atomic E-state index is 0.0884. The molecule has 0 amide bonds. The van der Waals surface area contributed by atoms with Gasteiger partial charge in [0.1, 0.15) is 13.7 Å². The summed E-state index contributed by atoms with van der Waals surface area (Å²) in [6.07, 6.45) is -1.01. The lowest BCUT2D eigenvalue weighted by Gasteiger charge is -2.40. The van der Waals surface area contributed by atoms with Gasteiger partial charge in [-0.05, 0) is 24.7 Å². The Labute approximate surface area is 75.7 Å². The summed E-state index contributed by atoms with van der Waals surface area (Å²) >= 11 is 0. The lowest BCUT2D eigenvalue weighted by atomic mass is 9.77. The van der Waals surface area contributed by atoms with E-state index < -0.39 is 12.4 Å². The van der Waals surface area contributed by atoms with Gasteiger partial charge < -0.3 is 9.53 Å². The third-order valence-corrected chi connectivity index (χ3v) is 3.35. The van der Waals surface area contributed by atoms with Gasteiger partial charge in [-0.25, -0.2) is 0 Å². The predicted octanol–water partition coefficient (Wildman–Crippen LogP) is 1.88. The Hall–Kier alpha value is -0.370. The highest BCUT2D eigenvalue weighted by atomic mass is 16.5. The second-order valence-corrected chi connectivity index (χ2v) is 3.96. The van der Waals surface area contributed by atoms with E-state index in [1.807, 2.05) is 13.8 Å². The molecule has 0 aromatic rings. The summed E-state index contributed by atoms with van der Waals surface area (Å²) in [6.45, 7) is 8.23. The van der Waals surface area contributed by atoms with Gasteiger partial charge in [-0.15, -0.1) is 0 Å². The average molecular weight is 172 g/mol. The lowest BCUT2D eigenvalue weighted by Crippen LogP contribution is -2.44. The zero-order chi connectivity index (χ0) is 10.2. The van der Waals surface area contributed by atoms with Crippen LogP contribution in [0.15, 0.2) is 0 Å². The fraction of sp³-hybridized carbons (Fsp3) is 0.900. The first kappa shape index (κ1) is 8.24. The standard InChI is InChI=1S/C10H18O2/c1-6-7(2)9(4)12-10(5-11)8(6)3/h5-10H,1-4H3/i5T. The van der Waals surface area contributed by atoms with E-state index in [-0.39, 0.29) is 12.0 Å². The number of carbonyl (C=O) groups excluding carboxylic acids is 1. The van der Waals surface area contributed by atoms with Crippen LogP contribution in [0, 0.1) is 17.8 Å². The van der Waals surface area contributed by atoms with Gasteiger partial charge in [0.15, 0.2) is 0 Å². The summed E-state index contributed by atoms with van der Waals surface area (Å²) in [7, 11) is 0. The van der Waals surface area contributed by atoms with Crippen molar-refractivity contribution < 1.29 is 10.9 Å². The summed E-state index contributed by atoms with van der Waals surface area (Å²) in [4.78, 5) is 10.9. The van der Waals surface area contributed by atoms with Gasteiger partial charge in [0, 0.05) is 0 Å². The Kier molecular flexibility index (Phi) is 2.45. The molecule has 5 atom stereocenters. The minimum atomic E-state index is -0.585. The van der Waals surface area contributed by atoms with Crippen molar-refractivity contribution in [2.45, 2.75) is 39.9 Å². The Morgan fingerprint density at radius 3 is 2.25 bits per heavy atom. The Morgan fingerprint density at radius 2 is 1.75 bits per heavy atom. The van der Waals surface area contributed by atoms with E-state index in [1.54, 1.807) is 0 Å². The van der Waals surface area contributed by atoms with Crippen molar-refractivity contribution in [3.63, 3.8) is 0 Å². The summed E-state index contributed by atoms with van der Waals surface area (Å²) in [5.41, 5.74) is 0. The summed E-state index contributed by atoms with van der Waals surface area (Å²) in [5, 5.41) is 0. The van der Waals surface area contributed by atoms with Crippen molar-refractivity contribution in [1.29, 1.82) is 0 Å².